The highest BCUT2D eigenvalue weighted by molar-refractivity contribution is 7.22. The number of carbonyl (C=O) groups excluding carboxylic acids is 1. The predicted octanol–water partition coefficient (Wildman–Crippen LogP) is 5.16. The summed E-state index contributed by atoms with van der Waals surface area (Å²) in [5, 5.41) is 0.992. The van der Waals surface area contributed by atoms with Gasteiger partial charge in [0.15, 0.2) is 10.6 Å². The number of anilines is 1. The Kier molecular flexibility index (Phi) is 4.03. The Morgan fingerprint density at radius 1 is 1.03 bits per heavy atom. The number of rotatable bonds is 2. The minimum atomic E-state index is -0.636. The van der Waals surface area contributed by atoms with Crippen molar-refractivity contribution in [3.05, 3.63) is 99.2 Å². The maximum atomic E-state index is 13.6. The third-order valence-corrected chi connectivity index (χ3v) is 6.83. The average molecular weight is 439 g/mol. The number of para-hydroxylation sites is 1. The molecule has 0 saturated carbocycles. The van der Waals surface area contributed by atoms with E-state index in [0.717, 1.165) is 26.9 Å². The van der Waals surface area contributed by atoms with E-state index in [1.54, 1.807) is 41.6 Å². The van der Waals surface area contributed by atoms with E-state index >= 15 is 0 Å². The van der Waals surface area contributed by atoms with E-state index in [9.17, 15) is 9.59 Å². The van der Waals surface area contributed by atoms with Crippen LogP contribution in [0, 0.1) is 13.8 Å². The van der Waals surface area contributed by atoms with Crippen molar-refractivity contribution in [3.8, 4) is 0 Å². The number of amides is 1. The van der Waals surface area contributed by atoms with Gasteiger partial charge in [-0.2, -0.15) is 0 Å². The van der Waals surface area contributed by atoms with Gasteiger partial charge in [0.25, 0.3) is 5.91 Å². The first-order valence-electron chi connectivity index (χ1n) is 10.2. The van der Waals surface area contributed by atoms with Crippen molar-refractivity contribution < 1.29 is 9.21 Å². The first kappa shape index (κ1) is 18.9. The van der Waals surface area contributed by atoms with Crippen LogP contribution < -0.4 is 10.3 Å². The second-order valence-corrected chi connectivity index (χ2v) is 8.96. The number of nitrogens with zero attached hydrogens (tertiary/aromatic N) is 3. The standard InChI is InChI=1S/C25H17N3O3S/c1-13-11-14(2)20-18(12-13)32-25(27-20)28-21(15-7-9-26-10-8-15)19-22(29)16-5-3-4-6-17(16)31-23(19)24(28)30/h3-12,21H,1-2H3/t21-/m0/s1. The van der Waals surface area contributed by atoms with E-state index in [1.807, 2.05) is 26.0 Å². The third-order valence-electron chi connectivity index (χ3n) is 5.82. The van der Waals surface area contributed by atoms with E-state index in [-0.39, 0.29) is 17.1 Å². The number of aryl methyl sites for hydroxylation is 2. The van der Waals surface area contributed by atoms with Crippen LogP contribution in [0.3, 0.4) is 0 Å². The van der Waals surface area contributed by atoms with Crippen molar-refractivity contribution in [3.63, 3.8) is 0 Å². The Labute approximate surface area is 186 Å². The second-order valence-electron chi connectivity index (χ2n) is 7.95. The molecular weight excluding hydrogens is 422 g/mol. The minimum absolute atomic E-state index is 0.0719. The smallest absolute Gasteiger partial charge is 0.297 e. The molecule has 0 spiro atoms. The molecule has 1 atom stereocenters. The molecule has 0 saturated heterocycles. The van der Waals surface area contributed by atoms with E-state index in [0.29, 0.717) is 21.7 Å². The number of fused-ring (bicyclic) bond motifs is 3. The van der Waals surface area contributed by atoms with Crippen LogP contribution in [0.5, 0.6) is 0 Å². The molecule has 1 amide bonds. The van der Waals surface area contributed by atoms with Crippen molar-refractivity contribution in [2.75, 3.05) is 4.90 Å². The highest BCUT2D eigenvalue weighted by Crippen LogP contribution is 2.43. The summed E-state index contributed by atoms with van der Waals surface area (Å²) in [6, 6.07) is 14.1. The number of thiazole rings is 1. The van der Waals surface area contributed by atoms with Crippen LogP contribution in [0.2, 0.25) is 0 Å². The van der Waals surface area contributed by atoms with Gasteiger partial charge in [0.1, 0.15) is 5.58 Å². The molecule has 0 fully saturated rings. The lowest BCUT2D eigenvalue weighted by Crippen LogP contribution is -2.29. The zero-order chi connectivity index (χ0) is 22.0. The lowest BCUT2D eigenvalue weighted by atomic mass is 10.00. The maximum Gasteiger partial charge on any atom is 0.297 e. The summed E-state index contributed by atoms with van der Waals surface area (Å²) in [5.41, 5.74) is 4.36. The molecule has 156 valence electrons. The Hall–Kier alpha value is -3.84. The van der Waals surface area contributed by atoms with Crippen molar-refractivity contribution in [2.24, 2.45) is 0 Å². The van der Waals surface area contributed by atoms with Crippen LogP contribution in [-0.2, 0) is 0 Å². The summed E-state index contributed by atoms with van der Waals surface area (Å²) < 4.78 is 6.99. The lowest BCUT2D eigenvalue weighted by molar-refractivity contribution is 0.0971. The number of benzene rings is 2. The topological polar surface area (TPSA) is 76.3 Å². The van der Waals surface area contributed by atoms with Crippen LogP contribution in [-0.4, -0.2) is 15.9 Å². The van der Waals surface area contributed by atoms with Gasteiger partial charge in [0.2, 0.25) is 5.76 Å². The highest BCUT2D eigenvalue weighted by atomic mass is 32.1. The molecule has 0 unspecified atom stereocenters. The molecule has 7 heteroatoms. The third kappa shape index (κ3) is 2.64. The fourth-order valence-electron chi connectivity index (χ4n) is 4.44. The van der Waals surface area contributed by atoms with Gasteiger partial charge in [-0.05, 0) is 60.9 Å². The fraction of sp³-hybridized carbons (Fsp3) is 0.120. The number of aromatic nitrogens is 2. The summed E-state index contributed by atoms with van der Waals surface area (Å²) >= 11 is 1.44. The minimum Gasteiger partial charge on any atom is -0.450 e. The van der Waals surface area contributed by atoms with Crippen molar-refractivity contribution in [2.45, 2.75) is 19.9 Å². The number of hydrogen-bond donors (Lipinski definition) is 0. The normalized spacial score (nSPS) is 15.6. The summed E-state index contributed by atoms with van der Waals surface area (Å²) in [7, 11) is 0. The summed E-state index contributed by atoms with van der Waals surface area (Å²) in [5.74, 6) is -0.291. The molecule has 0 bridgehead atoms. The highest BCUT2D eigenvalue weighted by Gasteiger charge is 2.45. The largest absolute Gasteiger partial charge is 0.450 e. The maximum absolute atomic E-state index is 13.6. The molecule has 32 heavy (non-hydrogen) atoms. The molecular formula is C25H17N3O3S. The first-order chi connectivity index (χ1) is 15.5. The first-order valence-corrected chi connectivity index (χ1v) is 11.0. The van der Waals surface area contributed by atoms with Gasteiger partial charge < -0.3 is 4.42 Å². The molecule has 5 aromatic rings. The number of pyridine rings is 1. The molecule has 6 rings (SSSR count). The molecule has 2 aromatic carbocycles. The fourth-order valence-corrected chi connectivity index (χ4v) is 5.61. The second kappa shape index (κ2) is 6.83. The monoisotopic (exact) mass is 439 g/mol. The van der Waals surface area contributed by atoms with E-state index in [4.69, 9.17) is 9.40 Å². The Morgan fingerprint density at radius 3 is 2.62 bits per heavy atom. The van der Waals surface area contributed by atoms with Crippen LogP contribution >= 0.6 is 11.3 Å². The molecule has 0 radical (unpaired) electrons. The molecule has 3 aromatic heterocycles. The molecule has 1 aliphatic rings. The quantitative estimate of drug-likeness (QED) is 0.380. The Morgan fingerprint density at radius 2 is 1.81 bits per heavy atom. The van der Waals surface area contributed by atoms with Gasteiger partial charge >= 0.3 is 0 Å². The van der Waals surface area contributed by atoms with Crippen LogP contribution in [0.1, 0.15) is 38.9 Å². The van der Waals surface area contributed by atoms with E-state index < -0.39 is 6.04 Å². The Balaban J connectivity index is 1.65. The molecule has 4 heterocycles. The SMILES string of the molecule is Cc1cc(C)c2nc(N3C(=O)c4oc5ccccc5c(=O)c4[C@@H]3c3ccncc3)sc2c1. The van der Waals surface area contributed by atoms with Gasteiger partial charge in [-0.15, -0.1) is 0 Å². The Bertz CT molecular complexity index is 1600. The summed E-state index contributed by atoms with van der Waals surface area (Å²) in [4.78, 5) is 37.7. The van der Waals surface area contributed by atoms with Gasteiger partial charge in [0.05, 0.1) is 27.2 Å². The molecule has 0 aliphatic carbocycles. The van der Waals surface area contributed by atoms with Gasteiger partial charge in [0, 0.05) is 12.4 Å². The van der Waals surface area contributed by atoms with Gasteiger partial charge in [-0.1, -0.05) is 29.5 Å². The van der Waals surface area contributed by atoms with Crippen molar-refractivity contribution in [1.82, 2.24) is 9.97 Å². The molecule has 6 nitrogen and oxygen atoms in total. The molecule has 1 aliphatic heterocycles. The zero-order valence-electron chi connectivity index (χ0n) is 17.3. The predicted molar refractivity (Wildman–Crippen MR) is 124 cm³/mol. The van der Waals surface area contributed by atoms with Crippen molar-refractivity contribution in [1.29, 1.82) is 0 Å². The van der Waals surface area contributed by atoms with Crippen LogP contribution in [0.25, 0.3) is 21.2 Å². The van der Waals surface area contributed by atoms with Gasteiger partial charge in [-0.3, -0.25) is 19.5 Å². The summed E-state index contributed by atoms with van der Waals surface area (Å²) in [6.45, 7) is 4.05. The number of hydrogen-bond acceptors (Lipinski definition) is 6. The van der Waals surface area contributed by atoms with Crippen LogP contribution in [0.4, 0.5) is 5.13 Å². The van der Waals surface area contributed by atoms with Crippen molar-refractivity contribution >= 4 is 43.6 Å². The summed E-state index contributed by atoms with van der Waals surface area (Å²) in [6.07, 6.45) is 3.31. The van der Waals surface area contributed by atoms with Gasteiger partial charge in [-0.25, -0.2) is 4.98 Å². The zero-order valence-corrected chi connectivity index (χ0v) is 18.1. The lowest BCUT2D eigenvalue weighted by Gasteiger charge is -2.22. The van der Waals surface area contributed by atoms with E-state index in [2.05, 4.69) is 17.1 Å². The van der Waals surface area contributed by atoms with E-state index in [1.165, 1.54) is 11.3 Å². The van der Waals surface area contributed by atoms with Crippen LogP contribution in [0.15, 0.2) is 70.1 Å². The molecule has 0 N–H and O–H groups in total. The number of carbonyl (C=O) groups is 1. The average Bonchev–Trinajstić information content (AvgIpc) is 3.34.